The molecule has 1 aliphatic rings. The third-order valence-corrected chi connectivity index (χ3v) is 2.04. The summed E-state index contributed by atoms with van der Waals surface area (Å²) in [6, 6.07) is 0. The van der Waals surface area contributed by atoms with Crippen LogP contribution in [0, 0.1) is 0 Å². The van der Waals surface area contributed by atoms with Crippen LogP contribution >= 0.6 is 22.6 Å². The zero-order valence-corrected chi connectivity index (χ0v) is 9.81. The van der Waals surface area contributed by atoms with Crippen molar-refractivity contribution in [2.24, 2.45) is 0 Å². The predicted molar refractivity (Wildman–Crippen MR) is 58.6 cm³/mol. The Labute approximate surface area is 95.7 Å². The summed E-state index contributed by atoms with van der Waals surface area (Å²) in [5.41, 5.74) is 0. The van der Waals surface area contributed by atoms with E-state index in [0.29, 0.717) is 3.48 Å². The van der Waals surface area contributed by atoms with Crippen LogP contribution in [-0.2, 0) is 18.9 Å². The molecular formula is C7H9BINO4. The lowest BCUT2D eigenvalue weighted by molar-refractivity contribution is -0.145. The van der Waals surface area contributed by atoms with E-state index in [-0.39, 0.29) is 13.1 Å². The van der Waals surface area contributed by atoms with Gasteiger partial charge in [0.15, 0.2) is 0 Å². The van der Waals surface area contributed by atoms with Gasteiger partial charge in [0.05, 0.1) is 13.1 Å². The van der Waals surface area contributed by atoms with Gasteiger partial charge in [0.1, 0.15) is 0 Å². The Bertz CT molecular complexity index is 263. The van der Waals surface area contributed by atoms with Crippen LogP contribution in [0.1, 0.15) is 0 Å². The first kappa shape index (κ1) is 11.5. The fourth-order valence-electron chi connectivity index (χ4n) is 0.962. The molecule has 0 aromatic rings. The molecule has 0 bridgehead atoms. The van der Waals surface area contributed by atoms with Gasteiger partial charge in [0, 0.05) is 3.48 Å². The van der Waals surface area contributed by atoms with Gasteiger partial charge in [0.2, 0.25) is 0 Å². The summed E-state index contributed by atoms with van der Waals surface area (Å²) < 4.78 is 10.2. The molecule has 0 unspecified atom stereocenters. The Morgan fingerprint density at radius 2 is 1.86 bits per heavy atom. The van der Waals surface area contributed by atoms with Gasteiger partial charge in [-0.3, -0.25) is 14.5 Å². The maximum atomic E-state index is 11.2. The Morgan fingerprint density at radius 1 is 1.43 bits per heavy atom. The van der Waals surface area contributed by atoms with Crippen molar-refractivity contribution in [1.82, 2.24) is 4.90 Å². The molecule has 0 spiro atoms. The van der Waals surface area contributed by atoms with Gasteiger partial charge in [-0.15, -0.1) is 0 Å². The van der Waals surface area contributed by atoms with Crippen molar-refractivity contribution < 1.29 is 18.9 Å². The molecule has 0 aromatic carbocycles. The molecule has 1 fully saturated rings. The molecule has 1 saturated heterocycles. The third kappa shape index (κ3) is 3.30. The molecular weight excluding hydrogens is 300 g/mol. The molecule has 0 aliphatic carbocycles. The highest BCUT2D eigenvalue weighted by atomic mass is 127. The monoisotopic (exact) mass is 309 g/mol. The highest BCUT2D eigenvalue weighted by Gasteiger charge is 2.33. The second-order valence-corrected chi connectivity index (χ2v) is 4.32. The van der Waals surface area contributed by atoms with E-state index in [4.69, 9.17) is 9.31 Å². The lowest BCUT2D eigenvalue weighted by Gasteiger charge is -2.21. The maximum Gasteiger partial charge on any atom is 0.642 e. The van der Waals surface area contributed by atoms with Crippen molar-refractivity contribution in [2.75, 3.05) is 20.1 Å². The second kappa shape index (κ2) is 4.78. The second-order valence-electron chi connectivity index (χ2n) is 2.93. The first-order valence-electron chi connectivity index (χ1n) is 3.91. The minimum absolute atomic E-state index is 0.0789. The number of carbonyl (C=O) groups is 2. The van der Waals surface area contributed by atoms with Crippen LogP contribution in [0.3, 0.4) is 0 Å². The minimum atomic E-state index is -0.954. The number of halogens is 1. The number of carbonyl (C=O) groups excluding carboxylic acids is 2. The summed E-state index contributed by atoms with van der Waals surface area (Å²) in [7, 11) is 0.686. The van der Waals surface area contributed by atoms with Crippen molar-refractivity contribution >= 4 is 41.6 Å². The molecule has 0 saturated carbocycles. The molecule has 0 aromatic heterocycles. The number of hydrogen-bond donors (Lipinski definition) is 0. The van der Waals surface area contributed by atoms with Gasteiger partial charge < -0.3 is 9.31 Å². The van der Waals surface area contributed by atoms with E-state index in [0.717, 1.165) is 0 Å². The van der Waals surface area contributed by atoms with Crippen molar-refractivity contribution in [2.45, 2.75) is 0 Å². The van der Waals surface area contributed by atoms with Crippen LogP contribution in [0.5, 0.6) is 0 Å². The normalized spacial score (nSPS) is 19.4. The summed E-state index contributed by atoms with van der Waals surface area (Å²) in [4.78, 5) is 23.9. The SMILES string of the molecule is C=C(I)B1OC(=O)CN(C)CC(=O)O1. The number of rotatable bonds is 1. The molecule has 5 nitrogen and oxygen atoms in total. The Hall–Kier alpha value is -0.565. The summed E-state index contributed by atoms with van der Waals surface area (Å²) in [6.45, 7) is 3.72. The van der Waals surface area contributed by atoms with E-state index >= 15 is 0 Å². The van der Waals surface area contributed by atoms with Gasteiger partial charge >= 0.3 is 19.1 Å². The molecule has 7 heteroatoms. The fraction of sp³-hybridized carbons (Fsp3) is 0.429. The number of likely N-dealkylation sites (N-methyl/N-ethyl adjacent to an activating group) is 1. The van der Waals surface area contributed by atoms with Crippen LogP contribution in [0.2, 0.25) is 0 Å². The first-order valence-corrected chi connectivity index (χ1v) is 4.98. The van der Waals surface area contributed by atoms with Gasteiger partial charge in [-0.2, -0.15) is 0 Å². The molecule has 14 heavy (non-hydrogen) atoms. The Balaban J connectivity index is 2.70. The third-order valence-electron chi connectivity index (χ3n) is 1.53. The average molecular weight is 309 g/mol. The Morgan fingerprint density at radius 3 is 2.21 bits per heavy atom. The van der Waals surface area contributed by atoms with E-state index in [1.54, 1.807) is 7.05 Å². The van der Waals surface area contributed by atoms with E-state index in [2.05, 4.69) is 6.58 Å². The lowest BCUT2D eigenvalue weighted by atomic mass is 9.90. The molecule has 1 rings (SSSR count). The van der Waals surface area contributed by atoms with Gasteiger partial charge in [0.25, 0.3) is 0 Å². The summed E-state index contributed by atoms with van der Waals surface area (Å²) >= 11 is 1.85. The Kier molecular flexibility index (Phi) is 3.93. The summed E-state index contributed by atoms with van der Waals surface area (Å²) in [6.07, 6.45) is 0. The summed E-state index contributed by atoms with van der Waals surface area (Å²) in [5, 5.41) is 0. The van der Waals surface area contributed by atoms with Crippen LogP contribution < -0.4 is 0 Å². The fourth-order valence-corrected chi connectivity index (χ4v) is 1.22. The standard InChI is InChI=1S/C7H9BINO4/c1-5(9)8-13-6(11)3-10(2)4-7(12)14-8/h1,3-4H2,2H3. The molecule has 1 heterocycles. The molecule has 76 valence electrons. The van der Waals surface area contributed by atoms with E-state index < -0.39 is 19.1 Å². The van der Waals surface area contributed by atoms with Gasteiger partial charge in [-0.25, -0.2) is 0 Å². The molecule has 0 N–H and O–H groups in total. The molecule has 1 aliphatic heterocycles. The molecule has 0 radical (unpaired) electrons. The lowest BCUT2D eigenvalue weighted by Crippen LogP contribution is -2.42. The number of hydrogen-bond acceptors (Lipinski definition) is 5. The van der Waals surface area contributed by atoms with Crippen LogP contribution in [-0.4, -0.2) is 44.1 Å². The smallest absolute Gasteiger partial charge is 0.494 e. The largest absolute Gasteiger partial charge is 0.642 e. The van der Waals surface area contributed by atoms with Gasteiger partial charge in [-0.05, 0) is 7.05 Å². The highest BCUT2D eigenvalue weighted by molar-refractivity contribution is 14.1. The molecule has 0 atom stereocenters. The topological polar surface area (TPSA) is 55.8 Å². The van der Waals surface area contributed by atoms with Crippen molar-refractivity contribution in [1.29, 1.82) is 0 Å². The molecule has 0 amide bonds. The van der Waals surface area contributed by atoms with Crippen molar-refractivity contribution in [3.63, 3.8) is 0 Å². The zero-order chi connectivity index (χ0) is 10.7. The summed E-state index contributed by atoms with van der Waals surface area (Å²) in [5.74, 6) is -0.856. The van der Waals surface area contributed by atoms with Gasteiger partial charge in [-0.1, -0.05) is 29.2 Å². The van der Waals surface area contributed by atoms with E-state index in [1.165, 1.54) is 4.90 Å². The quantitative estimate of drug-likeness (QED) is 0.504. The van der Waals surface area contributed by atoms with Crippen LogP contribution in [0.15, 0.2) is 10.1 Å². The van der Waals surface area contributed by atoms with Crippen molar-refractivity contribution in [3.8, 4) is 0 Å². The minimum Gasteiger partial charge on any atom is -0.494 e. The van der Waals surface area contributed by atoms with Crippen LogP contribution in [0.25, 0.3) is 0 Å². The number of nitrogens with zero attached hydrogens (tertiary/aromatic N) is 1. The first-order chi connectivity index (χ1) is 6.49. The van der Waals surface area contributed by atoms with Crippen LogP contribution in [0.4, 0.5) is 0 Å². The van der Waals surface area contributed by atoms with Crippen molar-refractivity contribution in [3.05, 3.63) is 10.1 Å². The van der Waals surface area contributed by atoms with E-state index in [9.17, 15) is 9.59 Å². The highest BCUT2D eigenvalue weighted by Crippen LogP contribution is 2.12. The average Bonchev–Trinajstić information content (AvgIpc) is 1.99. The zero-order valence-electron chi connectivity index (χ0n) is 7.66. The predicted octanol–water partition coefficient (Wildman–Crippen LogP) is -0.00570. The van der Waals surface area contributed by atoms with E-state index in [1.807, 2.05) is 22.6 Å². The maximum absolute atomic E-state index is 11.2.